The lowest BCUT2D eigenvalue weighted by molar-refractivity contribution is -0.302. The zero-order valence-electron chi connectivity index (χ0n) is 23.2. The first-order chi connectivity index (χ1) is 19.7. The Hall–Kier alpha value is -2.90. The van der Waals surface area contributed by atoms with Crippen molar-refractivity contribution < 1.29 is 49.3 Å². The number of rotatable bonds is 15. The normalized spacial score (nSPS) is 23.9. The highest BCUT2D eigenvalue weighted by Gasteiger charge is 2.44. The predicted octanol–water partition coefficient (Wildman–Crippen LogP) is 0.539. The molecule has 2 aromatic rings. The molecule has 7 unspecified atom stereocenters. The average Bonchev–Trinajstić information content (AvgIpc) is 2.98. The molecule has 6 N–H and O–H groups in total. The molecule has 1 aliphatic rings. The van der Waals surface area contributed by atoms with Crippen LogP contribution in [0.4, 0.5) is 0 Å². The van der Waals surface area contributed by atoms with Crippen LogP contribution in [0.15, 0.2) is 54.6 Å². The predicted molar refractivity (Wildman–Crippen MR) is 148 cm³/mol. The molecule has 11 heteroatoms. The molecule has 0 saturated carbocycles. The molecule has 0 bridgehead atoms. The number of aliphatic hydroxyl groups excluding tert-OH is 5. The summed E-state index contributed by atoms with van der Waals surface area (Å²) in [5, 5.41) is 51.0. The first kappa shape index (κ1) is 32.6. The molecule has 41 heavy (non-hydrogen) atoms. The van der Waals surface area contributed by atoms with Gasteiger partial charge in [-0.3, -0.25) is 9.59 Å². The SMILES string of the molecule is CC(CC(Cc1ccc(-c2ccccc2)cc1)NC(=O)CCCO)C(=O)OCCOC1OC(CO)C(O)C(O)C1O. The van der Waals surface area contributed by atoms with Crippen molar-refractivity contribution in [1.29, 1.82) is 0 Å². The van der Waals surface area contributed by atoms with Crippen molar-refractivity contribution in [3.05, 3.63) is 60.2 Å². The van der Waals surface area contributed by atoms with Crippen LogP contribution in [0.25, 0.3) is 11.1 Å². The maximum Gasteiger partial charge on any atom is 0.308 e. The Morgan fingerprint density at radius 3 is 2.27 bits per heavy atom. The molecule has 2 aromatic carbocycles. The van der Waals surface area contributed by atoms with E-state index in [4.69, 9.17) is 19.3 Å². The van der Waals surface area contributed by atoms with Crippen molar-refractivity contribution in [2.45, 2.75) is 69.4 Å². The molecule has 1 amide bonds. The smallest absolute Gasteiger partial charge is 0.308 e. The largest absolute Gasteiger partial charge is 0.463 e. The monoisotopic (exact) mass is 575 g/mol. The fraction of sp³-hybridized carbons (Fsp3) is 0.533. The van der Waals surface area contributed by atoms with E-state index < -0.39 is 49.2 Å². The Morgan fingerprint density at radius 1 is 0.927 bits per heavy atom. The van der Waals surface area contributed by atoms with Crippen LogP contribution in [0.1, 0.15) is 31.7 Å². The van der Waals surface area contributed by atoms with E-state index >= 15 is 0 Å². The van der Waals surface area contributed by atoms with Crippen molar-refractivity contribution in [3.63, 3.8) is 0 Å². The standard InChI is InChI=1S/C30H41NO10/c1-19(29(38)39-14-15-40-30-28(37)27(36)26(35)24(18-33)41-30)16-23(31-25(34)8-5-13-32)17-20-9-11-22(12-10-20)21-6-3-2-4-7-21/h2-4,6-7,9-12,19,23-24,26-28,30,32-33,35-37H,5,8,13-18H2,1H3,(H,31,34). The summed E-state index contributed by atoms with van der Waals surface area (Å²) in [5.41, 5.74) is 3.16. The van der Waals surface area contributed by atoms with Crippen molar-refractivity contribution >= 4 is 11.9 Å². The van der Waals surface area contributed by atoms with Gasteiger partial charge in [-0.1, -0.05) is 61.5 Å². The highest BCUT2D eigenvalue weighted by Crippen LogP contribution is 2.23. The van der Waals surface area contributed by atoms with Gasteiger partial charge in [0.05, 0.1) is 19.1 Å². The minimum absolute atomic E-state index is 0.0903. The molecule has 0 aromatic heterocycles. The zero-order chi connectivity index (χ0) is 29.8. The van der Waals surface area contributed by atoms with Crippen LogP contribution in [0, 0.1) is 5.92 Å². The van der Waals surface area contributed by atoms with Crippen LogP contribution in [-0.4, -0.2) is 101 Å². The van der Waals surface area contributed by atoms with Gasteiger partial charge in [-0.05, 0) is 36.0 Å². The molecule has 1 aliphatic heterocycles. The lowest BCUT2D eigenvalue weighted by Gasteiger charge is -2.39. The maximum atomic E-state index is 12.7. The summed E-state index contributed by atoms with van der Waals surface area (Å²) in [5.74, 6) is -1.27. The fourth-order valence-corrected chi connectivity index (χ4v) is 4.66. The van der Waals surface area contributed by atoms with Crippen LogP contribution >= 0.6 is 0 Å². The summed E-state index contributed by atoms with van der Waals surface area (Å²) in [6.45, 7) is 0.716. The summed E-state index contributed by atoms with van der Waals surface area (Å²) >= 11 is 0. The molecule has 3 rings (SSSR count). The summed E-state index contributed by atoms with van der Waals surface area (Å²) in [4.78, 5) is 25.1. The number of benzene rings is 2. The highest BCUT2D eigenvalue weighted by molar-refractivity contribution is 5.76. The van der Waals surface area contributed by atoms with Gasteiger partial charge in [-0.25, -0.2) is 0 Å². The molecule has 0 spiro atoms. The number of amides is 1. The zero-order valence-corrected chi connectivity index (χ0v) is 23.2. The number of carbonyl (C=O) groups excluding carboxylic acids is 2. The van der Waals surface area contributed by atoms with Crippen molar-refractivity contribution in [3.8, 4) is 11.1 Å². The molecule has 0 radical (unpaired) electrons. The number of aliphatic hydroxyl groups is 5. The molecule has 226 valence electrons. The molecule has 0 aliphatic carbocycles. The van der Waals surface area contributed by atoms with Crippen molar-refractivity contribution in [2.24, 2.45) is 5.92 Å². The third kappa shape index (κ3) is 9.86. The van der Waals surface area contributed by atoms with Gasteiger partial charge in [0, 0.05) is 19.1 Å². The van der Waals surface area contributed by atoms with Crippen LogP contribution in [-0.2, 0) is 30.2 Å². The summed E-state index contributed by atoms with van der Waals surface area (Å²) in [7, 11) is 0. The minimum atomic E-state index is -1.56. The summed E-state index contributed by atoms with van der Waals surface area (Å²) < 4.78 is 15.9. The fourth-order valence-electron chi connectivity index (χ4n) is 4.66. The molecular weight excluding hydrogens is 534 g/mol. The average molecular weight is 576 g/mol. The topological polar surface area (TPSA) is 175 Å². The van der Waals surface area contributed by atoms with E-state index in [-0.39, 0.29) is 38.2 Å². The summed E-state index contributed by atoms with van der Waals surface area (Å²) in [6, 6.07) is 17.6. The quantitative estimate of drug-likeness (QED) is 0.130. The van der Waals surface area contributed by atoms with Gasteiger partial charge >= 0.3 is 5.97 Å². The van der Waals surface area contributed by atoms with E-state index in [1.807, 2.05) is 54.6 Å². The van der Waals surface area contributed by atoms with E-state index in [0.717, 1.165) is 16.7 Å². The number of ether oxygens (including phenoxy) is 3. The van der Waals surface area contributed by atoms with Gasteiger partial charge in [-0.15, -0.1) is 0 Å². The Balaban J connectivity index is 1.52. The van der Waals surface area contributed by atoms with Gasteiger partial charge in [0.15, 0.2) is 6.29 Å². The number of hydrogen-bond donors (Lipinski definition) is 6. The molecule has 1 heterocycles. The molecule has 1 fully saturated rings. The van der Waals surface area contributed by atoms with E-state index in [1.54, 1.807) is 6.92 Å². The van der Waals surface area contributed by atoms with Crippen LogP contribution in [0.2, 0.25) is 0 Å². The molecular formula is C30H41NO10. The number of carbonyl (C=O) groups is 2. The Morgan fingerprint density at radius 2 is 1.61 bits per heavy atom. The van der Waals surface area contributed by atoms with E-state index in [1.165, 1.54) is 0 Å². The second-order valence-electron chi connectivity index (χ2n) is 10.2. The maximum absolute atomic E-state index is 12.7. The first-order valence-electron chi connectivity index (χ1n) is 13.9. The Labute approximate surface area is 239 Å². The molecule has 7 atom stereocenters. The lowest BCUT2D eigenvalue weighted by Crippen LogP contribution is -2.59. The second kappa shape index (κ2) is 16.5. The highest BCUT2D eigenvalue weighted by atomic mass is 16.7. The third-order valence-electron chi connectivity index (χ3n) is 6.97. The van der Waals surface area contributed by atoms with Crippen LogP contribution < -0.4 is 5.32 Å². The van der Waals surface area contributed by atoms with E-state index in [0.29, 0.717) is 19.3 Å². The van der Waals surface area contributed by atoms with E-state index in [9.17, 15) is 30.0 Å². The summed E-state index contributed by atoms with van der Waals surface area (Å²) in [6.07, 6.45) is -5.67. The van der Waals surface area contributed by atoms with Crippen molar-refractivity contribution in [1.82, 2.24) is 5.32 Å². The molecule has 1 saturated heterocycles. The third-order valence-corrected chi connectivity index (χ3v) is 6.97. The first-order valence-corrected chi connectivity index (χ1v) is 13.9. The second-order valence-corrected chi connectivity index (χ2v) is 10.2. The molecule has 11 nitrogen and oxygen atoms in total. The van der Waals surface area contributed by atoms with Gasteiger partial charge < -0.3 is 45.1 Å². The van der Waals surface area contributed by atoms with Crippen LogP contribution in [0.5, 0.6) is 0 Å². The van der Waals surface area contributed by atoms with Crippen LogP contribution in [0.3, 0.4) is 0 Å². The van der Waals surface area contributed by atoms with Gasteiger partial charge in [-0.2, -0.15) is 0 Å². The van der Waals surface area contributed by atoms with Gasteiger partial charge in [0.1, 0.15) is 31.0 Å². The van der Waals surface area contributed by atoms with Gasteiger partial charge in [0.25, 0.3) is 0 Å². The lowest BCUT2D eigenvalue weighted by atomic mass is 9.94. The number of nitrogens with one attached hydrogen (secondary N) is 1. The Kier molecular flexibility index (Phi) is 13.1. The van der Waals surface area contributed by atoms with E-state index in [2.05, 4.69) is 5.32 Å². The Bertz CT molecular complexity index is 1060. The van der Waals surface area contributed by atoms with Gasteiger partial charge in [0.2, 0.25) is 5.91 Å². The van der Waals surface area contributed by atoms with Crippen molar-refractivity contribution in [2.75, 3.05) is 26.4 Å². The number of hydrogen-bond acceptors (Lipinski definition) is 10. The minimum Gasteiger partial charge on any atom is -0.463 e. The number of esters is 1.